The first kappa shape index (κ1) is 26.6. The third-order valence-corrected chi connectivity index (χ3v) is 5.44. The van der Waals surface area contributed by atoms with Crippen LogP contribution in [0.15, 0.2) is 17.1 Å². The summed E-state index contributed by atoms with van der Waals surface area (Å²) in [6.07, 6.45) is 6.57. The highest BCUT2D eigenvalue weighted by Crippen LogP contribution is 2.38. The normalized spacial score (nSPS) is 15.3. The summed E-state index contributed by atoms with van der Waals surface area (Å²) in [5.74, 6) is 3.34. The molecule has 1 aromatic carbocycles. The Morgan fingerprint density at radius 1 is 1.07 bits per heavy atom. The molecule has 0 bridgehead atoms. The zero-order valence-electron chi connectivity index (χ0n) is 19.0. The summed E-state index contributed by atoms with van der Waals surface area (Å²) in [7, 11) is 6.62. The number of guanidine groups is 1. The summed E-state index contributed by atoms with van der Waals surface area (Å²) in [6.45, 7) is 4.27. The van der Waals surface area contributed by atoms with Crippen molar-refractivity contribution in [1.82, 2.24) is 10.6 Å². The summed E-state index contributed by atoms with van der Waals surface area (Å²) in [5.41, 5.74) is 1.01. The fourth-order valence-corrected chi connectivity index (χ4v) is 3.98. The van der Waals surface area contributed by atoms with Gasteiger partial charge in [-0.25, -0.2) is 0 Å². The summed E-state index contributed by atoms with van der Waals surface area (Å²) in [5, 5.41) is 6.75. The van der Waals surface area contributed by atoms with Crippen LogP contribution in [0.1, 0.15) is 44.6 Å². The van der Waals surface area contributed by atoms with E-state index in [1.165, 1.54) is 25.7 Å². The maximum Gasteiger partial charge on any atom is 0.203 e. The van der Waals surface area contributed by atoms with Gasteiger partial charge in [0.2, 0.25) is 5.75 Å². The van der Waals surface area contributed by atoms with Crippen molar-refractivity contribution in [3.63, 3.8) is 0 Å². The molecule has 8 heteroatoms. The monoisotopic (exact) mass is 535 g/mol. The van der Waals surface area contributed by atoms with Crippen molar-refractivity contribution >= 4 is 29.9 Å². The van der Waals surface area contributed by atoms with E-state index in [-0.39, 0.29) is 24.0 Å². The van der Waals surface area contributed by atoms with Crippen molar-refractivity contribution in [3.8, 4) is 17.2 Å². The average Bonchev–Trinajstić information content (AvgIpc) is 3.29. The quantitative estimate of drug-likeness (QED) is 0.254. The molecule has 0 radical (unpaired) electrons. The van der Waals surface area contributed by atoms with Gasteiger partial charge in [0.05, 0.1) is 27.4 Å². The van der Waals surface area contributed by atoms with Gasteiger partial charge in [-0.15, -0.1) is 24.0 Å². The molecule has 2 N–H and O–H groups in total. The highest BCUT2D eigenvalue weighted by molar-refractivity contribution is 14.0. The first-order chi connectivity index (χ1) is 14.2. The molecule has 0 aromatic heterocycles. The van der Waals surface area contributed by atoms with Gasteiger partial charge < -0.3 is 29.6 Å². The van der Waals surface area contributed by atoms with Crippen LogP contribution in [-0.2, 0) is 11.3 Å². The van der Waals surface area contributed by atoms with Gasteiger partial charge in [0.1, 0.15) is 0 Å². The van der Waals surface area contributed by atoms with Crippen LogP contribution in [0.4, 0.5) is 0 Å². The first-order valence-corrected chi connectivity index (χ1v) is 10.5. The fraction of sp³-hybridized carbons (Fsp3) is 0.682. The van der Waals surface area contributed by atoms with Crippen LogP contribution in [0.3, 0.4) is 0 Å². The highest BCUT2D eigenvalue weighted by Gasteiger charge is 2.25. The Balaban J connectivity index is 0.00000450. The van der Waals surface area contributed by atoms with E-state index in [1.54, 1.807) is 28.4 Å². The van der Waals surface area contributed by atoms with E-state index in [4.69, 9.17) is 18.9 Å². The number of hydrogen-bond donors (Lipinski definition) is 2. The molecular formula is C22H38IN3O4. The van der Waals surface area contributed by atoms with Gasteiger partial charge in [-0.05, 0) is 49.8 Å². The Labute approximate surface area is 198 Å². The molecule has 1 saturated carbocycles. The van der Waals surface area contributed by atoms with E-state index >= 15 is 0 Å². The number of ether oxygens (including phenoxy) is 4. The predicted octanol–water partition coefficient (Wildman–Crippen LogP) is 3.98. The minimum absolute atomic E-state index is 0. The van der Waals surface area contributed by atoms with E-state index < -0.39 is 0 Å². The molecule has 1 unspecified atom stereocenters. The lowest BCUT2D eigenvalue weighted by Crippen LogP contribution is -2.39. The van der Waals surface area contributed by atoms with E-state index in [0.29, 0.717) is 35.8 Å². The Morgan fingerprint density at radius 2 is 1.70 bits per heavy atom. The predicted molar refractivity (Wildman–Crippen MR) is 132 cm³/mol. The lowest BCUT2D eigenvalue weighted by molar-refractivity contribution is 0.0169. The third kappa shape index (κ3) is 7.68. The molecule has 1 aromatic rings. The highest BCUT2D eigenvalue weighted by atomic mass is 127. The SMILES string of the molecule is CCOC(CCNC(=NC)NCc1cc(OC)c(OC)c(OC)c1)C1CCCC1.I. The number of halogens is 1. The second-order valence-corrected chi connectivity index (χ2v) is 7.21. The smallest absolute Gasteiger partial charge is 0.203 e. The second-order valence-electron chi connectivity index (χ2n) is 7.21. The Bertz CT molecular complexity index is 626. The summed E-state index contributed by atoms with van der Waals surface area (Å²) >= 11 is 0. The second kappa shape index (κ2) is 14.6. The van der Waals surface area contributed by atoms with E-state index in [1.807, 2.05) is 12.1 Å². The molecule has 172 valence electrons. The summed E-state index contributed by atoms with van der Waals surface area (Å²) in [4.78, 5) is 4.33. The molecule has 0 amide bonds. The minimum Gasteiger partial charge on any atom is -0.493 e. The number of nitrogens with one attached hydrogen (secondary N) is 2. The van der Waals surface area contributed by atoms with E-state index in [0.717, 1.165) is 31.1 Å². The summed E-state index contributed by atoms with van der Waals surface area (Å²) in [6, 6.07) is 3.87. The third-order valence-electron chi connectivity index (χ3n) is 5.44. The number of aliphatic imine (C=N–C) groups is 1. The summed E-state index contributed by atoms with van der Waals surface area (Å²) < 4.78 is 22.2. The molecule has 1 atom stereocenters. The molecule has 0 aliphatic heterocycles. The zero-order valence-corrected chi connectivity index (χ0v) is 21.3. The number of rotatable bonds is 11. The van der Waals surface area contributed by atoms with Gasteiger partial charge in [-0.2, -0.15) is 0 Å². The van der Waals surface area contributed by atoms with Crippen LogP contribution in [0.25, 0.3) is 0 Å². The van der Waals surface area contributed by atoms with Crippen LogP contribution >= 0.6 is 24.0 Å². The lowest BCUT2D eigenvalue weighted by Gasteiger charge is -2.24. The number of methoxy groups -OCH3 is 3. The molecule has 1 fully saturated rings. The van der Waals surface area contributed by atoms with Crippen LogP contribution in [-0.4, -0.2) is 53.6 Å². The Kier molecular flexibility index (Phi) is 12.9. The number of hydrogen-bond acceptors (Lipinski definition) is 5. The molecule has 2 rings (SSSR count). The molecule has 1 aliphatic rings. The topological polar surface area (TPSA) is 73.3 Å². The molecule has 0 heterocycles. The molecule has 7 nitrogen and oxygen atoms in total. The van der Waals surface area contributed by atoms with Gasteiger partial charge in [0.25, 0.3) is 0 Å². The maximum atomic E-state index is 6.00. The standard InChI is InChI=1S/C22H37N3O4.HI/c1-6-29-18(17-9-7-8-10-17)11-12-24-22(23-2)25-15-16-13-19(26-3)21(28-5)20(14-16)27-4;/h13-14,17-18H,6-12,15H2,1-5H3,(H2,23,24,25);1H. The van der Waals surface area contributed by atoms with Crippen molar-refractivity contribution < 1.29 is 18.9 Å². The first-order valence-electron chi connectivity index (χ1n) is 10.5. The Morgan fingerprint density at radius 3 is 2.20 bits per heavy atom. The van der Waals surface area contributed by atoms with Crippen molar-refractivity contribution in [2.45, 2.75) is 51.7 Å². The van der Waals surface area contributed by atoms with E-state index in [9.17, 15) is 0 Å². The van der Waals surface area contributed by atoms with Crippen LogP contribution in [0.5, 0.6) is 17.2 Å². The lowest BCUT2D eigenvalue weighted by atomic mass is 9.98. The zero-order chi connectivity index (χ0) is 21.1. The van der Waals surface area contributed by atoms with Gasteiger partial charge >= 0.3 is 0 Å². The van der Waals surface area contributed by atoms with Crippen LogP contribution in [0.2, 0.25) is 0 Å². The largest absolute Gasteiger partial charge is 0.493 e. The van der Waals surface area contributed by atoms with Crippen molar-refractivity contribution in [2.75, 3.05) is 41.5 Å². The molecular weight excluding hydrogens is 497 g/mol. The van der Waals surface area contributed by atoms with Crippen LogP contribution in [0, 0.1) is 5.92 Å². The van der Waals surface area contributed by atoms with Crippen LogP contribution < -0.4 is 24.8 Å². The minimum atomic E-state index is 0. The number of benzene rings is 1. The van der Waals surface area contributed by atoms with Crippen molar-refractivity contribution in [1.29, 1.82) is 0 Å². The van der Waals surface area contributed by atoms with Gasteiger partial charge in [-0.3, -0.25) is 4.99 Å². The molecule has 0 saturated heterocycles. The van der Waals surface area contributed by atoms with Crippen molar-refractivity contribution in [3.05, 3.63) is 17.7 Å². The van der Waals surface area contributed by atoms with Crippen molar-refractivity contribution in [2.24, 2.45) is 10.9 Å². The Hall–Kier alpha value is -1.42. The fourth-order valence-electron chi connectivity index (χ4n) is 3.98. The molecule has 1 aliphatic carbocycles. The average molecular weight is 535 g/mol. The molecule has 0 spiro atoms. The van der Waals surface area contributed by atoms with Gasteiger partial charge in [-0.1, -0.05) is 12.8 Å². The van der Waals surface area contributed by atoms with Gasteiger partial charge in [0, 0.05) is 26.7 Å². The molecule has 30 heavy (non-hydrogen) atoms. The maximum absolute atomic E-state index is 6.00. The van der Waals surface area contributed by atoms with Gasteiger partial charge in [0.15, 0.2) is 17.5 Å². The van der Waals surface area contributed by atoms with E-state index in [2.05, 4.69) is 22.5 Å². The number of nitrogens with zero attached hydrogens (tertiary/aromatic N) is 1.